The Morgan fingerprint density at radius 1 is 1.03 bits per heavy atom. The van der Waals surface area contributed by atoms with E-state index in [0.717, 1.165) is 5.56 Å². The smallest absolute Gasteiger partial charge is 0.259 e. The molecule has 2 N–H and O–H groups in total. The Labute approximate surface area is 182 Å². The van der Waals surface area contributed by atoms with Gasteiger partial charge in [-0.05, 0) is 59.7 Å². The van der Waals surface area contributed by atoms with Crippen molar-refractivity contribution in [3.05, 3.63) is 105 Å². The number of rotatable bonds is 4. The van der Waals surface area contributed by atoms with Crippen LogP contribution < -0.4 is 10.6 Å². The van der Waals surface area contributed by atoms with E-state index in [9.17, 15) is 18.8 Å². The summed E-state index contributed by atoms with van der Waals surface area (Å²) in [5.41, 5.74) is 2.15. The van der Waals surface area contributed by atoms with Crippen molar-refractivity contribution >= 4 is 41.0 Å². The normalized spacial score (nSPS) is 14.2. The molecule has 0 saturated carbocycles. The minimum atomic E-state index is -0.522. The van der Waals surface area contributed by atoms with Crippen LogP contribution in [0.5, 0.6) is 0 Å². The zero-order valence-corrected chi connectivity index (χ0v) is 16.9. The van der Waals surface area contributed by atoms with Gasteiger partial charge in [0.2, 0.25) is 5.78 Å². The Morgan fingerprint density at radius 2 is 1.81 bits per heavy atom. The first kappa shape index (κ1) is 20.5. The summed E-state index contributed by atoms with van der Waals surface area (Å²) in [5, 5.41) is 5.89. The number of ketones is 1. The maximum Gasteiger partial charge on any atom is 0.259 e. The molecule has 31 heavy (non-hydrogen) atoms. The van der Waals surface area contributed by atoms with E-state index in [2.05, 4.69) is 10.6 Å². The van der Waals surface area contributed by atoms with E-state index in [1.54, 1.807) is 36.4 Å². The number of amides is 2. The van der Waals surface area contributed by atoms with Gasteiger partial charge in [0.25, 0.3) is 11.8 Å². The van der Waals surface area contributed by atoms with Gasteiger partial charge in [-0.15, -0.1) is 0 Å². The molecule has 0 atom stereocenters. The molecule has 7 heteroatoms. The van der Waals surface area contributed by atoms with Gasteiger partial charge in [0.05, 0.1) is 11.3 Å². The fourth-order valence-corrected chi connectivity index (χ4v) is 3.40. The van der Waals surface area contributed by atoms with E-state index in [1.165, 1.54) is 36.4 Å². The molecule has 0 bridgehead atoms. The van der Waals surface area contributed by atoms with Crippen molar-refractivity contribution in [3.63, 3.8) is 0 Å². The molecule has 0 radical (unpaired) electrons. The standard InChI is InChI=1S/C24H16ClFN2O3/c25-17-3-1-2-15(10-17)11-20-22(29)19-12-16(6-9-21(19)28-24(20)31)23(30)27-13-14-4-7-18(26)8-5-14/h1-12H,13H2,(H,27,30)(H,28,31)/b20-11-. The van der Waals surface area contributed by atoms with E-state index in [-0.39, 0.29) is 29.1 Å². The summed E-state index contributed by atoms with van der Waals surface area (Å²) in [6, 6.07) is 17.1. The molecular weight excluding hydrogens is 419 g/mol. The van der Waals surface area contributed by atoms with E-state index in [1.807, 2.05) is 0 Å². The summed E-state index contributed by atoms with van der Waals surface area (Å²) in [7, 11) is 0. The van der Waals surface area contributed by atoms with Crippen LogP contribution in [0.25, 0.3) is 6.08 Å². The number of hydrogen-bond acceptors (Lipinski definition) is 3. The molecule has 154 valence electrons. The Kier molecular flexibility index (Phi) is 5.64. The fourth-order valence-electron chi connectivity index (χ4n) is 3.20. The van der Waals surface area contributed by atoms with Gasteiger partial charge in [-0.2, -0.15) is 0 Å². The summed E-state index contributed by atoms with van der Waals surface area (Å²) in [6.07, 6.45) is 1.47. The molecule has 5 nitrogen and oxygen atoms in total. The van der Waals surface area contributed by atoms with Crippen LogP contribution >= 0.6 is 11.6 Å². The number of halogens is 2. The van der Waals surface area contributed by atoms with E-state index in [0.29, 0.717) is 16.3 Å². The van der Waals surface area contributed by atoms with Crippen molar-refractivity contribution in [1.29, 1.82) is 0 Å². The van der Waals surface area contributed by atoms with Crippen molar-refractivity contribution in [2.75, 3.05) is 5.32 Å². The third kappa shape index (κ3) is 4.54. The molecule has 1 aliphatic rings. The van der Waals surface area contributed by atoms with Crippen molar-refractivity contribution in [3.8, 4) is 0 Å². The van der Waals surface area contributed by atoms with Crippen molar-refractivity contribution in [2.24, 2.45) is 0 Å². The second-order valence-electron chi connectivity index (χ2n) is 6.97. The average Bonchev–Trinajstić information content (AvgIpc) is 2.76. The monoisotopic (exact) mass is 434 g/mol. The van der Waals surface area contributed by atoms with Gasteiger partial charge < -0.3 is 10.6 Å². The van der Waals surface area contributed by atoms with Crippen molar-refractivity contribution in [1.82, 2.24) is 5.32 Å². The summed E-state index contributed by atoms with van der Waals surface area (Å²) in [5.74, 6) is -1.75. The molecule has 3 aromatic carbocycles. The SMILES string of the molecule is O=C1Nc2ccc(C(=O)NCc3ccc(F)cc3)cc2C(=O)/C1=C/c1cccc(Cl)c1. The van der Waals surface area contributed by atoms with Crippen LogP contribution in [0.15, 0.2) is 72.3 Å². The predicted molar refractivity (Wildman–Crippen MR) is 116 cm³/mol. The molecule has 0 fully saturated rings. The van der Waals surface area contributed by atoms with E-state index >= 15 is 0 Å². The highest BCUT2D eigenvalue weighted by Crippen LogP contribution is 2.28. The van der Waals surface area contributed by atoms with Gasteiger partial charge in [-0.25, -0.2) is 4.39 Å². The number of benzene rings is 3. The van der Waals surface area contributed by atoms with E-state index in [4.69, 9.17) is 11.6 Å². The highest BCUT2D eigenvalue weighted by atomic mass is 35.5. The maximum absolute atomic E-state index is 13.0. The lowest BCUT2D eigenvalue weighted by Crippen LogP contribution is -2.28. The third-order valence-corrected chi connectivity index (χ3v) is 5.02. The summed E-state index contributed by atoms with van der Waals surface area (Å²) >= 11 is 5.98. The lowest BCUT2D eigenvalue weighted by atomic mass is 9.93. The summed E-state index contributed by atoms with van der Waals surface area (Å²) < 4.78 is 13.0. The van der Waals surface area contributed by atoms with Crippen molar-refractivity contribution < 1.29 is 18.8 Å². The zero-order chi connectivity index (χ0) is 22.0. The lowest BCUT2D eigenvalue weighted by molar-refractivity contribution is -0.112. The first-order chi connectivity index (χ1) is 14.9. The number of carbonyl (C=O) groups excluding carboxylic acids is 3. The van der Waals surface area contributed by atoms with Crippen LogP contribution in [0, 0.1) is 5.82 Å². The number of Topliss-reactive ketones (excluding diaryl/α,β-unsaturated/α-hetero) is 1. The molecule has 3 aromatic rings. The number of carbonyl (C=O) groups is 3. The summed E-state index contributed by atoms with van der Waals surface area (Å²) in [6.45, 7) is 0.209. The number of hydrogen-bond donors (Lipinski definition) is 2. The number of nitrogens with one attached hydrogen (secondary N) is 2. The Balaban J connectivity index is 1.57. The van der Waals surface area contributed by atoms with E-state index < -0.39 is 17.6 Å². The molecule has 4 rings (SSSR count). The molecule has 0 saturated heterocycles. The van der Waals surface area contributed by atoms with Crippen LogP contribution in [0.1, 0.15) is 31.8 Å². The highest BCUT2D eigenvalue weighted by molar-refractivity contribution is 6.36. The zero-order valence-electron chi connectivity index (χ0n) is 16.1. The van der Waals surface area contributed by atoms with Crippen LogP contribution in [-0.2, 0) is 11.3 Å². The first-order valence-electron chi connectivity index (χ1n) is 9.41. The maximum atomic E-state index is 13.0. The molecule has 0 unspecified atom stereocenters. The molecule has 0 spiro atoms. The van der Waals surface area contributed by atoms with Gasteiger partial charge in [0, 0.05) is 22.7 Å². The number of anilines is 1. The first-order valence-corrected chi connectivity index (χ1v) is 9.78. The topological polar surface area (TPSA) is 75.3 Å². The Morgan fingerprint density at radius 3 is 2.55 bits per heavy atom. The van der Waals surface area contributed by atoms with Gasteiger partial charge in [-0.1, -0.05) is 35.9 Å². The quantitative estimate of drug-likeness (QED) is 0.464. The average molecular weight is 435 g/mol. The Hall–Kier alpha value is -3.77. The largest absolute Gasteiger partial charge is 0.348 e. The van der Waals surface area contributed by atoms with Crippen LogP contribution in [-0.4, -0.2) is 17.6 Å². The third-order valence-electron chi connectivity index (χ3n) is 4.79. The highest BCUT2D eigenvalue weighted by Gasteiger charge is 2.29. The Bertz CT molecular complexity index is 1240. The lowest BCUT2D eigenvalue weighted by Gasteiger charge is -2.19. The van der Waals surface area contributed by atoms with Crippen molar-refractivity contribution in [2.45, 2.75) is 6.54 Å². The second-order valence-corrected chi connectivity index (χ2v) is 7.40. The van der Waals surface area contributed by atoms with Crippen LogP contribution in [0.4, 0.5) is 10.1 Å². The minimum Gasteiger partial charge on any atom is -0.348 e. The molecule has 0 aliphatic carbocycles. The van der Waals surface area contributed by atoms with Gasteiger partial charge in [0.15, 0.2) is 0 Å². The fraction of sp³-hybridized carbons (Fsp3) is 0.0417. The molecule has 1 aliphatic heterocycles. The van der Waals surface area contributed by atoms with Gasteiger partial charge >= 0.3 is 0 Å². The minimum absolute atomic E-state index is 0.0429. The molecule has 2 amide bonds. The second kappa shape index (κ2) is 8.53. The summed E-state index contributed by atoms with van der Waals surface area (Å²) in [4.78, 5) is 37.9. The van der Waals surface area contributed by atoms with Gasteiger partial charge in [-0.3, -0.25) is 14.4 Å². The molecule has 0 aromatic heterocycles. The predicted octanol–water partition coefficient (Wildman–Crippen LogP) is 4.63. The van der Waals surface area contributed by atoms with Gasteiger partial charge in [0.1, 0.15) is 5.82 Å². The van der Waals surface area contributed by atoms with Crippen LogP contribution in [0.3, 0.4) is 0 Å². The molecular formula is C24H16ClFN2O3. The van der Waals surface area contributed by atoms with Crippen LogP contribution in [0.2, 0.25) is 5.02 Å². The number of fused-ring (bicyclic) bond motifs is 1. The molecule has 1 heterocycles.